The number of benzene rings is 1. The minimum absolute atomic E-state index is 0.133. The number of amides is 1. The zero-order valence-corrected chi connectivity index (χ0v) is 23.1. The molecule has 4 rings (SSSR count). The summed E-state index contributed by atoms with van der Waals surface area (Å²) in [6.45, 7) is 14.2. The number of rotatable bonds is 9. The summed E-state index contributed by atoms with van der Waals surface area (Å²) in [4.78, 5) is 17.5. The van der Waals surface area contributed by atoms with Gasteiger partial charge in [0.2, 0.25) is 0 Å². The minimum atomic E-state index is -1.10. The van der Waals surface area contributed by atoms with Gasteiger partial charge in [0, 0.05) is 51.8 Å². The number of nitrogens with zero attached hydrogens (tertiary/aromatic N) is 4. The van der Waals surface area contributed by atoms with Gasteiger partial charge < -0.3 is 19.6 Å². The number of aliphatic hydroxyl groups excluding tert-OH is 1. The molecule has 0 radical (unpaired) electrons. The number of carbonyl (C=O) groups excluding carboxylic acids is 1. The molecule has 7 nitrogen and oxygen atoms in total. The van der Waals surface area contributed by atoms with E-state index < -0.39 is 14.2 Å². The van der Waals surface area contributed by atoms with Gasteiger partial charge in [-0.25, -0.2) is 4.68 Å². The Kier molecular flexibility index (Phi) is 8.68. The van der Waals surface area contributed by atoms with Gasteiger partial charge in [-0.15, -0.1) is 0 Å². The summed E-state index contributed by atoms with van der Waals surface area (Å²) in [5, 5.41) is 16.5. The van der Waals surface area contributed by atoms with Gasteiger partial charge in [-0.05, 0) is 68.9 Å². The van der Waals surface area contributed by atoms with E-state index in [0.29, 0.717) is 19.2 Å². The van der Waals surface area contributed by atoms with Crippen LogP contribution in [0.5, 0.6) is 0 Å². The van der Waals surface area contributed by atoms with Crippen molar-refractivity contribution in [3.63, 3.8) is 0 Å². The summed E-state index contributed by atoms with van der Waals surface area (Å²) in [6, 6.07) is 5.83. The number of fused-ring (bicyclic) bond motifs is 1. The molecule has 1 amide bonds. The molecule has 194 valence electrons. The van der Waals surface area contributed by atoms with Gasteiger partial charge in [-0.3, -0.25) is 4.79 Å². The zero-order chi connectivity index (χ0) is 25.0. The summed E-state index contributed by atoms with van der Waals surface area (Å²) in [7, 11) is -1.10. The average molecular weight is 501 g/mol. The van der Waals surface area contributed by atoms with E-state index >= 15 is 0 Å². The smallest absolute Gasteiger partial charge is 0.251 e. The summed E-state index contributed by atoms with van der Waals surface area (Å²) in [6.07, 6.45) is 7.31. The molecule has 35 heavy (non-hydrogen) atoms. The second-order valence-electron chi connectivity index (χ2n) is 11.7. The lowest BCUT2D eigenvalue weighted by atomic mass is 9.98. The fourth-order valence-corrected chi connectivity index (χ4v) is 6.17. The van der Waals surface area contributed by atoms with E-state index in [-0.39, 0.29) is 5.91 Å². The van der Waals surface area contributed by atoms with Gasteiger partial charge in [-0.1, -0.05) is 32.1 Å². The van der Waals surface area contributed by atoms with E-state index in [4.69, 9.17) is 4.74 Å². The summed E-state index contributed by atoms with van der Waals surface area (Å²) in [5.41, 5.74) is 2.97. The Labute approximate surface area is 211 Å². The number of aryl methyl sites for hydroxylation is 1. The highest BCUT2D eigenvalue weighted by atomic mass is 28.3. The van der Waals surface area contributed by atoms with Gasteiger partial charge in [0.1, 0.15) is 12.8 Å². The SMILES string of the molecule is Cc1cc(C[C@@H](O)C(=O)N2CCC(N3CCCCC3)CC2)cc2cn(COCC[Si](C)(C)C)nc12. The number of hydrogen-bond acceptors (Lipinski definition) is 5. The van der Waals surface area contributed by atoms with E-state index in [1.165, 1.54) is 32.4 Å². The van der Waals surface area contributed by atoms with Gasteiger partial charge >= 0.3 is 0 Å². The summed E-state index contributed by atoms with van der Waals surface area (Å²) >= 11 is 0. The van der Waals surface area contributed by atoms with Crippen LogP contribution in [0.3, 0.4) is 0 Å². The number of ether oxygens (including phenoxy) is 1. The number of aliphatic hydroxyl groups is 1. The molecule has 0 saturated carbocycles. The molecule has 1 aromatic carbocycles. The van der Waals surface area contributed by atoms with Crippen LogP contribution in [0.25, 0.3) is 10.9 Å². The standard InChI is InChI=1S/C27H44N4O3Si/c1-21-16-22(17-23-19-31(28-26(21)23)20-34-14-15-35(2,3)4)18-25(32)27(33)30-12-8-24(9-13-30)29-10-6-5-7-11-29/h16-17,19,24-25,32H,5-15,18,20H2,1-4H3/t25-/m1/s1. The Morgan fingerprint density at radius 1 is 1.14 bits per heavy atom. The molecule has 2 aliphatic rings. The minimum Gasteiger partial charge on any atom is -0.383 e. The molecule has 0 bridgehead atoms. The summed E-state index contributed by atoms with van der Waals surface area (Å²) < 4.78 is 7.69. The average Bonchev–Trinajstić information content (AvgIpc) is 3.25. The molecule has 2 aliphatic heterocycles. The van der Waals surface area contributed by atoms with Crippen LogP contribution in [0.1, 0.15) is 43.2 Å². The second kappa shape index (κ2) is 11.5. The van der Waals surface area contributed by atoms with Crippen molar-refractivity contribution in [3.8, 4) is 0 Å². The number of hydrogen-bond donors (Lipinski definition) is 1. The van der Waals surface area contributed by atoms with Crippen LogP contribution in [0.2, 0.25) is 25.7 Å². The van der Waals surface area contributed by atoms with Crippen molar-refractivity contribution in [2.75, 3.05) is 32.8 Å². The molecule has 2 aromatic rings. The molecule has 1 N–H and O–H groups in total. The topological polar surface area (TPSA) is 70.8 Å². The molecule has 2 fully saturated rings. The number of carbonyl (C=O) groups is 1. The van der Waals surface area contributed by atoms with Crippen LogP contribution in [0.4, 0.5) is 0 Å². The first-order valence-electron chi connectivity index (χ1n) is 13.4. The van der Waals surface area contributed by atoms with Crippen LogP contribution in [0, 0.1) is 6.92 Å². The maximum Gasteiger partial charge on any atom is 0.251 e. The van der Waals surface area contributed by atoms with Crippen LogP contribution in [-0.4, -0.2) is 83.6 Å². The Bertz CT molecular complexity index is 988. The molecule has 0 spiro atoms. The Morgan fingerprint density at radius 3 is 2.54 bits per heavy atom. The van der Waals surface area contributed by atoms with Crippen molar-refractivity contribution in [3.05, 3.63) is 29.5 Å². The van der Waals surface area contributed by atoms with Crippen molar-refractivity contribution >= 4 is 24.9 Å². The van der Waals surface area contributed by atoms with Crippen LogP contribution < -0.4 is 0 Å². The van der Waals surface area contributed by atoms with Crippen molar-refractivity contribution < 1.29 is 14.6 Å². The van der Waals surface area contributed by atoms with Gasteiger partial charge in [-0.2, -0.15) is 5.10 Å². The van der Waals surface area contributed by atoms with Crippen molar-refractivity contribution in [1.29, 1.82) is 0 Å². The molecule has 0 aliphatic carbocycles. The second-order valence-corrected chi connectivity index (χ2v) is 17.4. The number of likely N-dealkylation sites (tertiary alicyclic amines) is 2. The number of aromatic nitrogens is 2. The maximum absolute atomic E-state index is 13.0. The highest BCUT2D eigenvalue weighted by molar-refractivity contribution is 6.76. The molecular formula is C27H44N4O3Si. The largest absolute Gasteiger partial charge is 0.383 e. The van der Waals surface area contributed by atoms with E-state index in [1.807, 2.05) is 34.8 Å². The molecule has 1 aromatic heterocycles. The van der Waals surface area contributed by atoms with E-state index in [2.05, 4.69) is 29.6 Å². The lowest BCUT2D eigenvalue weighted by Crippen LogP contribution is -2.50. The van der Waals surface area contributed by atoms with E-state index in [0.717, 1.165) is 60.6 Å². The lowest BCUT2D eigenvalue weighted by Gasteiger charge is -2.40. The third-order valence-corrected chi connectivity index (χ3v) is 9.23. The van der Waals surface area contributed by atoms with Gasteiger partial charge in [0.15, 0.2) is 0 Å². The lowest BCUT2D eigenvalue weighted by molar-refractivity contribution is -0.141. The van der Waals surface area contributed by atoms with Crippen LogP contribution in [-0.2, 0) is 22.7 Å². The first-order chi connectivity index (χ1) is 16.7. The normalized spacial score (nSPS) is 19.4. The highest BCUT2D eigenvalue weighted by Crippen LogP contribution is 2.23. The maximum atomic E-state index is 13.0. The van der Waals surface area contributed by atoms with Crippen molar-refractivity contribution in [2.24, 2.45) is 0 Å². The van der Waals surface area contributed by atoms with E-state index in [1.54, 1.807) is 0 Å². The Morgan fingerprint density at radius 2 is 1.86 bits per heavy atom. The van der Waals surface area contributed by atoms with Gasteiger partial charge in [0.25, 0.3) is 5.91 Å². The molecule has 0 unspecified atom stereocenters. The van der Waals surface area contributed by atoms with Crippen molar-refractivity contribution in [1.82, 2.24) is 19.6 Å². The molecular weight excluding hydrogens is 456 g/mol. The Balaban J connectivity index is 1.30. The van der Waals surface area contributed by atoms with Gasteiger partial charge in [0.05, 0.1) is 5.52 Å². The first kappa shape index (κ1) is 26.3. The van der Waals surface area contributed by atoms with Crippen LogP contribution >= 0.6 is 0 Å². The third-order valence-electron chi connectivity index (χ3n) is 7.52. The van der Waals surface area contributed by atoms with E-state index in [9.17, 15) is 9.90 Å². The molecule has 2 saturated heterocycles. The summed E-state index contributed by atoms with van der Waals surface area (Å²) in [5.74, 6) is -0.133. The fourth-order valence-electron chi connectivity index (χ4n) is 5.41. The predicted octanol–water partition coefficient (Wildman–Crippen LogP) is 4.04. The zero-order valence-electron chi connectivity index (χ0n) is 22.1. The van der Waals surface area contributed by atoms with Crippen molar-refractivity contribution in [2.45, 2.75) is 90.0 Å². The quantitative estimate of drug-likeness (QED) is 0.416. The molecule has 3 heterocycles. The number of piperidine rings is 2. The fraction of sp³-hybridized carbons (Fsp3) is 0.704. The monoisotopic (exact) mass is 500 g/mol. The first-order valence-corrected chi connectivity index (χ1v) is 17.2. The third kappa shape index (κ3) is 7.15. The Hall–Kier alpha value is -1.74. The van der Waals surface area contributed by atoms with Crippen LogP contribution in [0.15, 0.2) is 18.3 Å². The molecule has 1 atom stereocenters. The molecule has 8 heteroatoms. The predicted molar refractivity (Wildman–Crippen MR) is 143 cm³/mol. The highest BCUT2D eigenvalue weighted by Gasteiger charge is 2.30.